The van der Waals surface area contributed by atoms with Gasteiger partial charge in [-0.2, -0.15) is 0 Å². The third kappa shape index (κ3) is 1.67. The van der Waals surface area contributed by atoms with Crippen molar-refractivity contribution in [2.24, 2.45) is 0 Å². The number of nitrogen functional groups attached to an aromatic ring is 1. The SMILES string of the molecule is Cc1nc(N)cc(-c2cccs2)n1. The van der Waals surface area contributed by atoms with Gasteiger partial charge in [0.25, 0.3) is 0 Å². The summed E-state index contributed by atoms with van der Waals surface area (Å²) < 4.78 is 0. The lowest BCUT2D eigenvalue weighted by Crippen LogP contribution is -1.96. The smallest absolute Gasteiger partial charge is 0.128 e. The fourth-order valence-corrected chi connectivity index (χ4v) is 1.83. The van der Waals surface area contributed by atoms with Crippen molar-refractivity contribution in [2.75, 3.05) is 5.73 Å². The Balaban J connectivity index is 2.53. The summed E-state index contributed by atoms with van der Waals surface area (Å²) in [6.45, 7) is 1.84. The second kappa shape index (κ2) is 3.14. The molecular formula is C9H9N3S. The van der Waals surface area contributed by atoms with E-state index in [4.69, 9.17) is 5.73 Å². The number of nitrogens with two attached hydrogens (primary N) is 1. The van der Waals surface area contributed by atoms with Gasteiger partial charge in [-0.25, -0.2) is 9.97 Å². The molecule has 4 heteroatoms. The van der Waals surface area contributed by atoms with E-state index in [2.05, 4.69) is 9.97 Å². The van der Waals surface area contributed by atoms with Crippen molar-refractivity contribution < 1.29 is 0 Å². The van der Waals surface area contributed by atoms with Crippen molar-refractivity contribution in [3.63, 3.8) is 0 Å². The third-order valence-electron chi connectivity index (χ3n) is 1.63. The predicted octanol–water partition coefficient (Wildman–Crippen LogP) is 2.10. The van der Waals surface area contributed by atoms with Gasteiger partial charge in [0.05, 0.1) is 10.6 Å². The normalized spacial score (nSPS) is 10.2. The van der Waals surface area contributed by atoms with Crippen LogP contribution in [0.4, 0.5) is 5.82 Å². The van der Waals surface area contributed by atoms with E-state index in [9.17, 15) is 0 Å². The molecule has 0 bridgehead atoms. The molecule has 13 heavy (non-hydrogen) atoms. The summed E-state index contributed by atoms with van der Waals surface area (Å²) in [6.07, 6.45) is 0. The van der Waals surface area contributed by atoms with Crippen molar-refractivity contribution in [1.29, 1.82) is 0 Å². The van der Waals surface area contributed by atoms with Gasteiger partial charge < -0.3 is 5.73 Å². The summed E-state index contributed by atoms with van der Waals surface area (Å²) in [5.41, 5.74) is 6.52. The molecule has 0 aliphatic rings. The van der Waals surface area contributed by atoms with Gasteiger partial charge in [-0.3, -0.25) is 0 Å². The maximum Gasteiger partial charge on any atom is 0.128 e. The molecule has 0 aromatic carbocycles. The highest BCUT2D eigenvalue weighted by molar-refractivity contribution is 7.13. The minimum absolute atomic E-state index is 0.524. The van der Waals surface area contributed by atoms with E-state index in [0.717, 1.165) is 10.6 Å². The molecule has 0 amide bonds. The van der Waals surface area contributed by atoms with Gasteiger partial charge in [0, 0.05) is 6.07 Å². The first-order valence-electron chi connectivity index (χ1n) is 3.91. The van der Waals surface area contributed by atoms with E-state index in [0.29, 0.717) is 11.6 Å². The predicted molar refractivity (Wildman–Crippen MR) is 54.5 cm³/mol. The minimum Gasteiger partial charge on any atom is -0.384 e. The molecule has 0 radical (unpaired) electrons. The van der Waals surface area contributed by atoms with Gasteiger partial charge >= 0.3 is 0 Å². The molecule has 0 saturated carbocycles. The zero-order valence-corrected chi connectivity index (χ0v) is 8.01. The topological polar surface area (TPSA) is 51.8 Å². The Hall–Kier alpha value is -1.42. The monoisotopic (exact) mass is 191 g/mol. The molecular weight excluding hydrogens is 182 g/mol. The number of thiophene rings is 1. The highest BCUT2D eigenvalue weighted by Crippen LogP contribution is 2.23. The van der Waals surface area contributed by atoms with E-state index in [1.165, 1.54) is 0 Å². The van der Waals surface area contributed by atoms with E-state index in [-0.39, 0.29) is 0 Å². The van der Waals surface area contributed by atoms with Crippen LogP contribution in [-0.4, -0.2) is 9.97 Å². The highest BCUT2D eigenvalue weighted by Gasteiger charge is 2.02. The first-order chi connectivity index (χ1) is 6.25. The first kappa shape index (κ1) is 8.19. The Labute approximate surface area is 80.3 Å². The molecule has 2 N–H and O–H groups in total. The van der Waals surface area contributed by atoms with Crippen LogP contribution in [0, 0.1) is 6.92 Å². The molecule has 2 aromatic rings. The summed E-state index contributed by atoms with van der Waals surface area (Å²) in [7, 11) is 0. The van der Waals surface area contributed by atoms with Crippen LogP contribution < -0.4 is 5.73 Å². The van der Waals surface area contributed by atoms with Gasteiger partial charge in [-0.05, 0) is 18.4 Å². The maximum atomic E-state index is 5.62. The van der Waals surface area contributed by atoms with Crippen molar-refractivity contribution in [3.05, 3.63) is 29.4 Å². The molecule has 2 heterocycles. The van der Waals surface area contributed by atoms with Crippen LogP contribution in [0.3, 0.4) is 0 Å². The number of anilines is 1. The Morgan fingerprint density at radius 1 is 1.38 bits per heavy atom. The van der Waals surface area contributed by atoms with Crippen LogP contribution in [-0.2, 0) is 0 Å². The molecule has 2 aromatic heterocycles. The number of hydrogen-bond donors (Lipinski definition) is 1. The average Bonchev–Trinajstić information content (AvgIpc) is 2.53. The summed E-state index contributed by atoms with van der Waals surface area (Å²) in [5, 5.41) is 2.02. The Kier molecular flexibility index (Phi) is 1.98. The Morgan fingerprint density at radius 3 is 2.85 bits per heavy atom. The van der Waals surface area contributed by atoms with Crippen molar-refractivity contribution in [3.8, 4) is 10.6 Å². The van der Waals surface area contributed by atoms with E-state index in [1.54, 1.807) is 17.4 Å². The summed E-state index contributed by atoms with van der Waals surface area (Å²) in [6, 6.07) is 5.80. The molecule has 2 rings (SSSR count). The molecule has 0 fully saturated rings. The lowest BCUT2D eigenvalue weighted by molar-refractivity contribution is 1.07. The number of nitrogens with zero attached hydrogens (tertiary/aromatic N) is 2. The highest BCUT2D eigenvalue weighted by atomic mass is 32.1. The molecule has 3 nitrogen and oxygen atoms in total. The van der Waals surface area contributed by atoms with E-state index in [1.807, 2.05) is 24.4 Å². The van der Waals surface area contributed by atoms with Gasteiger partial charge in [-0.15, -0.1) is 11.3 Å². The second-order valence-electron chi connectivity index (χ2n) is 2.70. The van der Waals surface area contributed by atoms with Crippen molar-refractivity contribution in [1.82, 2.24) is 9.97 Å². The quantitative estimate of drug-likeness (QED) is 0.751. The fourth-order valence-electron chi connectivity index (χ4n) is 1.14. The lowest BCUT2D eigenvalue weighted by atomic mass is 10.3. The molecule has 0 spiro atoms. The Morgan fingerprint density at radius 2 is 2.23 bits per heavy atom. The first-order valence-corrected chi connectivity index (χ1v) is 4.79. The number of aromatic nitrogens is 2. The molecule has 0 unspecified atom stereocenters. The molecule has 0 atom stereocenters. The minimum atomic E-state index is 0.524. The van der Waals surface area contributed by atoms with Crippen LogP contribution in [0.5, 0.6) is 0 Å². The average molecular weight is 191 g/mol. The number of aryl methyl sites for hydroxylation is 1. The van der Waals surface area contributed by atoms with Crippen molar-refractivity contribution in [2.45, 2.75) is 6.92 Å². The summed E-state index contributed by atoms with van der Waals surface area (Å²) in [4.78, 5) is 9.43. The Bertz CT molecular complexity index is 389. The molecule has 0 saturated heterocycles. The van der Waals surface area contributed by atoms with E-state index >= 15 is 0 Å². The van der Waals surface area contributed by atoms with Gasteiger partial charge in [-0.1, -0.05) is 6.07 Å². The number of rotatable bonds is 1. The largest absolute Gasteiger partial charge is 0.384 e. The zero-order chi connectivity index (χ0) is 9.26. The molecule has 0 aliphatic heterocycles. The van der Waals surface area contributed by atoms with Gasteiger partial charge in [0.2, 0.25) is 0 Å². The number of hydrogen-bond acceptors (Lipinski definition) is 4. The van der Waals surface area contributed by atoms with E-state index < -0.39 is 0 Å². The van der Waals surface area contributed by atoms with Gasteiger partial charge in [0.1, 0.15) is 11.6 Å². The van der Waals surface area contributed by atoms with Crippen LogP contribution in [0.1, 0.15) is 5.82 Å². The fraction of sp³-hybridized carbons (Fsp3) is 0.111. The second-order valence-corrected chi connectivity index (χ2v) is 3.65. The summed E-state index contributed by atoms with van der Waals surface area (Å²) >= 11 is 1.65. The molecule has 66 valence electrons. The molecule has 0 aliphatic carbocycles. The van der Waals surface area contributed by atoms with Gasteiger partial charge in [0.15, 0.2) is 0 Å². The standard InChI is InChI=1S/C9H9N3S/c1-6-11-7(5-9(10)12-6)8-3-2-4-13-8/h2-5H,1H3,(H2,10,11,12). The van der Waals surface area contributed by atoms with Crippen LogP contribution in [0.2, 0.25) is 0 Å². The zero-order valence-electron chi connectivity index (χ0n) is 7.19. The van der Waals surface area contributed by atoms with Crippen molar-refractivity contribution >= 4 is 17.2 Å². The maximum absolute atomic E-state index is 5.62. The van der Waals surface area contributed by atoms with Crippen LogP contribution in [0.25, 0.3) is 10.6 Å². The van der Waals surface area contributed by atoms with Crippen LogP contribution in [0.15, 0.2) is 23.6 Å². The van der Waals surface area contributed by atoms with Crippen LogP contribution >= 0.6 is 11.3 Å². The third-order valence-corrected chi connectivity index (χ3v) is 2.52. The lowest BCUT2D eigenvalue weighted by Gasteiger charge is -1.99. The summed E-state index contributed by atoms with van der Waals surface area (Å²) in [5.74, 6) is 1.24.